The number of fused-ring (bicyclic) bond motifs is 1. The van der Waals surface area contributed by atoms with Crippen molar-refractivity contribution in [2.45, 2.75) is 13.3 Å². The minimum Gasteiger partial charge on any atom is -0.370 e. The predicted molar refractivity (Wildman–Crippen MR) is 135 cm³/mol. The average Bonchev–Trinajstić information content (AvgIpc) is 3.19. The molecule has 0 atom stereocenters. The van der Waals surface area contributed by atoms with E-state index in [9.17, 15) is 4.79 Å². The number of carbonyl (C=O) groups is 1. The molecule has 4 aromatic rings. The lowest BCUT2D eigenvalue weighted by molar-refractivity contribution is 0.222. The number of rotatable bonds is 7. The molecule has 0 spiro atoms. The number of halogens is 1. The van der Waals surface area contributed by atoms with Gasteiger partial charge in [0.25, 0.3) is 0 Å². The highest BCUT2D eigenvalue weighted by atomic mass is 35.5. The van der Waals surface area contributed by atoms with Crippen LogP contribution in [0.1, 0.15) is 12.0 Å². The molecule has 0 aliphatic carbocycles. The average molecular weight is 459 g/mol. The van der Waals surface area contributed by atoms with Gasteiger partial charge >= 0.3 is 6.03 Å². The van der Waals surface area contributed by atoms with Gasteiger partial charge in [-0.3, -0.25) is 0 Å². The molecule has 2 heterocycles. The van der Waals surface area contributed by atoms with E-state index in [4.69, 9.17) is 19.4 Å². The molecule has 2 aromatic heterocycles. The lowest BCUT2D eigenvalue weighted by Gasteiger charge is -2.19. The second-order valence-electron chi connectivity index (χ2n) is 7.79. The summed E-state index contributed by atoms with van der Waals surface area (Å²) >= 11 is 6.38. The van der Waals surface area contributed by atoms with E-state index in [0.29, 0.717) is 34.9 Å². The van der Waals surface area contributed by atoms with Gasteiger partial charge in [-0.15, -0.1) is 0 Å². The second kappa shape index (κ2) is 9.96. The third kappa shape index (κ3) is 5.12. The summed E-state index contributed by atoms with van der Waals surface area (Å²) in [7, 11) is 7.85. The van der Waals surface area contributed by atoms with Crippen molar-refractivity contribution >= 4 is 48.1 Å². The van der Waals surface area contributed by atoms with Crippen LogP contribution in [0.3, 0.4) is 0 Å². The molecule has 0 aliphatic rings. The van der Waals surface area contributed by atoms with Crippen LogP contribution in [-0.4, -0.2) is 53.5 Å². The number of anilines is 2. The van der Waals surface area contributed by atoms with Crippen LogP contribution in [0.4, 0.5) is 16.3 Å². The highest BCUT2D eigenvalue weighted by Gasteiger charge is 2.13. The number of aromatic nitrogens is 3. The molecule has 0 saturated carbocycles. The molecule has 2 N–H and O–H groups in total. The zero-order valence-electron chi connectivity index (χ0n) is 18.5. The maximum Gasteiger partial charge on any atom is 0.321 e. The molecule has 2 radical (unpaired) electrons. The van der Waals surface area contributed by atoms with E-state index in [-0.39, 0.29) is 6.03 Å². The van der Waals surface area contributed by atoms with E-state index in [2.05, 4.69) is 20.7 Å². The molecule has 0 bridgehead atoms. The SMILES string of the molecule is [B]c1cnn2c(NCCCN(C)C(=O)Nc3ccccc3C)cc(-c3ccccc3Cl)nc12. The van der Waals surface area contributed by atoms with Crippen LogP contribution in [0.2, 0.25) is 5.02 Å². The molecule has 0 fully saturated rings. The standard InChI is InChI=1S/C24H24BClN6O/c1-16-8-3-6-11-20(16)30-24(33)31(2)13-7-12-27-22-14-21(17-9-4-5-10-19(17)26)29-23-18(25)15-28-32(22)23/h3-6,8-11,14-15,27H,7,12-13H2,1-2H3,(H,30,33). The molecule has 2 aromatic carbocycles. The Morgan fingerprint density at radius 3 is 2.73 bits per heavy atom. The van der Waals surface area contributed by atoms with Crippen molar-refractivity contribution in [3.05, 3.63) is 71.4 Å². The lowest BCUT2D eigenvalue weighted by Crippen LogP contribution is -2.33. The number of amides is 2. The Labute approximate surface area is 199 Å². The zero-order chi connectivity index (χ0) is 23.4. The van der Waals surface area contributed by atoms with E-state index in [1.54, 1.807) is 22.7 Å². The van der Waals surface area contributed by atoms with Gasteiger partial charge in [-0.05, 0) is 36.5 Å². The van der Waals surface area contributed by atoms with E-state index >= 15 is 0 Å². The molecule has 2 amide bonds. The van der Waals surface area contributed by atoms with Crippen LogP contribution in [0.25, 0.3) is 16.9 Å². The Morgan fingerprint density at radius 1 is 1.18 bits per heavy atom. The van der Waals surface area contributed by atoms with Crippen LogP contribution in [0.15, 0.2) is 60.8 Å². The van der Waals surface area contributed by atoms with Crippen LogP contribution >= 0.6 is 11.6 Å². The normalized spacial score (nSPS) is 10.9. The van der Waals surface area contributed by atoms with Gasteiger partial charge in [0.1, 0.15) is 13.7 Å². The lowest BCUT2D eigenvalue weighted by atomic mass is 10.0. The minimum absolute atomic E-state index is 0.142. The summed E-state index contributed by atoms with van der Waals surface area (Å²) in [5, 5.41) is 11.3. The fourth-order valence-electron chi connectivity index (χ4n) is 3.47. The van der Waals surface area contributed by atoms with Crippen molar-refractivity contribution in [2.24, 2.45) is 0 Å². The molecule has 0 saturated heterocycles. The van der Waals surface area contributed by atoms with Gasteiger partial charge in [0.2, 0.25) is 0 Å². The van der Waals surface area contributed by atoms with Gasteiger partial charge in [-0.25, -0.2) is 9.78 Å². The monoisotopic (exact) mass is 458 g/mol. The van der Waals surface area contributed by atoms with Gasteiger partial charge in [-0.1, -0.05) is 48.0 Å². The summed E-state index contributed by atoms with van der Waals surface area (Å²) in [5.41, 5.74) is 4.41. The van der Waals surface area contributed by atoms with E-state index < -0.39 is 0 Å². The van der Waals surface area contributed by atoms with Crippen LogP contribution in [-0.2, 0) is 0 Å². The molecule has 166 valence electrons. The maximum absolute atomic E-state index is 12.5. The number of urea groups is 1. The van der Waals surface area contributed by atoms with Gasteiger partial charge in [0.05, 0.1) is 5.69 Å². The maximum atomic E-state index is 12.5. The number of hydrogen-bond acceptors (Lipinski definition) is 4. The molecular formula is C24H24BClN6O. The van der Waals surface area contributed by atoms with Gasteiger partial charge in [0.15, 0.2) is 5.65 Å². The third-order valence-corrected chi connectivity index (χ3v) is 5.69. The highest BCUT2D eigenvalue weighted by Crippen LogP contribution is 2.28. The topological polar surface area (TPSA) is 74.6 Å². The second-order valence-corrected chi connectivity index (χ2v) is 8.20. The number of nitrogens with one attached hydrogen (secondary N) is 2. The van der Waals surface area contributed by atoms with Gasteiger partial charge < -0.3 is 15.5 Å². The molecule has 33 heavy (non-hydrogen) atoms. The first kappa shape index (κ1) is 22.7. The minimum atomic E-state index is -0.142. The fraction of sp³-hybridized carbons (Fsp3) is 0.208. The van der Waals surface area contributed by atoms with Gasteiger partial charge in [0, 0.05) is 48.7 Å². The smallest absolute Gasteiger partial charge is 0.321 e. The number of carbonyl (C=O) groups excluding carboxylic acids is 1. The predicted octanol–water partition coefficient (Wildman–Crippen LogP) is 4.12. The summed E-state index contributed by atoms with van der Waals surface area (Å²) in [6.45, 7) is 3.17. The molecule has 9 heteroatoms. The largest absolute Gasteiger partial charge is 0.370 e. The first-order valence-electron chi connectivity index (χ1n) is 10.6. The molecule has 7 nitrogen and oxygen atoms in total. The Kier molecular flexibility index (Phi) is 6.84. The van der Waals surface area contributed by atoms with Crippen molar-refractivity contribution < 1.29 is 4.79 Å². The van der Waals surface area contributed by atoms with E-state index in [1.165, 1.54) is 0 Å². The van der Waals surface area contributed by atoms with Crippen molar-refractivity contribution in [2.75, 3.05) is 30.8 Å². The molecule has 0 aliphatic heterocycles. The van der Waals surface area contributed by atoms with Crippen LogP contribution in [0, 0.1) is 6.92 Å². The molecule has 0 unspecified atom stereocenters. The summed E-state index contributed by atoms with van der Waals surface area (Å²) in [6, 6.07) is 17.0. The Hall–Kier alpha value is -3.52. The number of nitrogens with zero attached hydrogens (tertiary/aromatic N) is 4. The third-order valence-electron chi connectivity index (χ3n) is 5.36. The Balaban J connectivity index is 1.41. The van der Waals surface area contributed by atoms with Crippen molar-refractivity contribution in [1.82, 2.24) is 19.5 Å². The highest BCUT2D eigenvalue weighted by molar-refractivity contribution is 6.36. The van der Waals surface area contributed by atoms with Crippen LogP contribution in [0.5, 0.6) is 0 Å². The summed E-state index contributed by atoms with van der Waals surface area (Å²) in [5.74, 6) is 0.749. The zero-order valence-corrected chi connectivity index (χ0v) is 19.3. The van der Waals surface area contributed by atoms with Crippen LogP contribution < -0.4 is 16.1 Å². The first-order valence-corrected chi connectivity index (χ1v) is 11.0. The van der Waals surface area contributed by atoms with Crippen molar-refractivity contribution in [3.8, 4) is 11.3 Å². The summed E-state index contributed by atoms with van der Waals surface area (Å²) in [6.07, 6.45) is 2.31. The summed E-state index contributed by atoms with van der Waals surface area (Å²) < 4.78 is 1.67. The Bertz CT molecular complexity index is 1290. The Morgan fingerprint density at radius 2 is 1.94 bits per heavy atom. The quantitative estimate of drug-likeness (QED) is 0.323. The molecule has 4 rings (SSSR count). The van der Waals surface area contributed by atoms with Crippen molar-refractivity contribution in [1.29, 1.82) is 0 Å². The number of para-hydroxylation sites is 1. The fourth-order valence-corrected chi connectivity index (χ4v) is 3.70. The summed E-state index contributed by atoms with van der Waals surface area (Å²) in [4.78, 5) is 18.8. The number of hydrogen-bond donors (Lipinski definition) is 2. The van der Waals surface area contributed by atoms with E-state index in [0.717, 1.165) is 29.1 Å². The van der Waals surface area contributed by atoms with Gasteiger partial charge in [-0.2, -0.15) is 9.61 Å². The first-order chi connectivity index (χ1) is 15.9. The number of aryl methyl sites for hydroxylation is 1. The molecular weight excluding hydrogens is 435 g/mol. The van der Waals surface area contributed by atoms with E-state index in [1.807, 2.05) is 61.5 Å². The number of benzene rings is 2. The van der Waals surface area contributed by atoms with Crippen molar-refractivity contribution in [3.63, 3.8) is 0 Å².